The Kier molecular flexibility index (Phi) is 5.45. The zero-order valence-corrected chi connectivity index (χ0v) is 16.5. The number of rotatable bonds is 5. The number of halogens is 1. The molecule has 0 aliphatic rings. The minimum Gasteiger partial charge on any atom is -0.453 e. The largest absolute Gasteiger partial charge is 0.453 e. The first kappa shape index (κ1) is 20.2. The lowest BCUT2D eigenvalue weighted by molar-refractivity contribution is 0.0466. The van der Waals surface area contributed by atoms with Crippen LogP contribution in [0.15, 0.2) is 41.2 Å². The fourth-order valence-electron chi connectivity index (χ4n) is 3.06. The van der Waals surface area contributed by atoms with Gasteiger partial charge in [0.05, 0.1) is 0 Å². The first-order chi connectivity index (χ1) is 13.7. The molecule has 29 heavy (non-hydrogen) atoms. The van der Waals surface area contributed by atoms with Crippen LogP contribution in [-0.4, -0.2) is 32.7 Å². The van der Waals surface area contributed by atoms with Gasteiger partial charge in [-0.25, -0.2) is 13.9 Å². The van der Waals surface area contributed by atoms with Crippen LogP contribution in [0.25, 0.3) is 5.69 Å². The molecule has 2 heterocycles. The number of ketones is 1. The normalized spacial score (nSPS) is 10.8. The molecular formula is C21H20FN3O4. The van der Waals surface area contributed by atoms with Gasteiger partial charge in [-0.05, 0) is 50.6 Å². The Morgan fingerprint density at radius 2 is 1.83 bits per heavy atom. The van der Waals surface area contributed by atoms with E-state index in [1.54, 1.807) is 36.6 Å². The van der Waals surface area contributed by atoms with Crippen LogP contribution in [0.4, 0.5) is 4.39 Å². The van der Waals surface area contributed by atoms with Crippen LogP contribution in [0.3, 0.4) is 0 Å². The minimum absolute atomic E-state index is 0.0690. The van der Waals surface area contributed by atoms with Gasteiger partial charge in [0.1, 0.15) is 5.82 Å². The molecular weight excluding hydrogens is 377 g/mol. The van der Waals surface area contributed by atoms with Crippen molar-refractivity contribution in [2.45, 2.75) is 20.8 Å². The van der Waals surface area contributed by atoms with E-state index in [0.717, 1.165) is 10.4 Å². The van der Waals surface area contributed by atoms with Gasteiger partial charge in [-0.2, -0.15) is 5.10 Å². The second-order valence-electron chi connectivity index (χ2n) is 6.73. The van der Waals surface area contributed by atoms with Crippen molar-refractivity contribution in [2.75, 3.05) is 6.61 Å². The monoisotopic (exact) mass is 397 g/mol. The highest BCUT2D eigenvalue weighted by Crippen LogP contribution is 2.23. The third-order valence-electron chi connectivity index (χ3n) is 4.65. The van der Waals surface area contributed by atoms with Crippen molar-refractivity contribution in [2.24, 2.45) is 7.05 Å². The van der Waals surface area contributed by atoms with Gasteiger partial charge in [0.2, 0.25) is 5.78 Å². The van der Waals surface area contributed by atoms with E-state index in [1.807, 2.05) is 6.92 Å². The van der Waals surface area contributed by atoms with Gasteiger partial charge < -0.3 is 9.30 Å². The number of carbonyl (C=O) groups excluding carboxylic acids is 2. The van der Waals surface area contributed by atoms with Gasteiger partial charge in [-0.1, -0.05) is 6.07 Å². The molecule has 0 unspecified atom stereocenters. The van der Waals surface area contributed by atoms with Gasteiger partial charge >= 0.3 is 5.97 Å². The summed E-state index contributed by atoms with van der Waals surface area (Å²) in [5.41, 5.74) is 2.45. The molecule has 1 aromatic carbocycles. The predicted molar refractivity (Wildman–Crippen MR) is 104 cm³/mol. The maximum atomic E-state index is 14.0. The van der Waals surface area contributed by atoms with E-state index in [0.29, 0.717) is 22.5 Å². The van der Waals surface area contributed by atoms with E-state index in [-0.39, 0.29) is 17.1 Å². The number of aryl methyl sites for hydroxylation is 3. The van der Waals surface area contributed by atoms with Gasteiger partial charge in [0.25, 0.3) is 5.56 Å². The molecule has 150 valence electrons. The lowest BCUT2D eigenvalue weighted by Crippen LogP contribution is -2.23. The van der Waals surface area contributed by atoms with Crippen molar-refractivity contribution in [3.8, 4) is 5.69 Å². The first-order valence-electron chi connectivity index (χ1n) is 8.89. The average molecular weight is 397 g/mol. The number of ether oxygens (including phenoxy) is 1. The summed E-state index contributed by atoms with van der Waals surface area (Å²) in [6.45, 7) is 4.75. The van der Waals surface area contributed by atoms with E-state index >= 15 is 0 Å². The first-order valence-corrected chi connectivity index (χ1v) is 8.89. The fraction of sp³-hybridized carbons (Fsp3) is 0.238. The van der Waals surface area contributed by atoms with Crippen LogP contribution >= 0.6 is 0 Å². The van der Waals surface area contributed by atoms with Gasteiger partial charge in [0, 0.05) is 35.8 Å². The second kappa shape index (κ2) is 7.83. The molecule has 7 nitrogen and oxygen atoms in total. The van der Waals surface area contributed by atoms with Crippen molar-refractivity contribution in [1.29, 1.82) is 0 Å². The number of esters is 1. The van der Waals surface area contributed by atoms with E-state index < -0.39 is 18.4 Å². The lowest BCUT2D eigenvalue weighted by atomic mass is 10.1. The predicted octanol–water partition coefficient (Wildman–Crippen LogP) is 2.68. The summed E-state index contributed by atoms with van der Waals surface area (Å²) in [5, 5.41) is 3.79. The molecule has 0 aliphatic carbocycles. The highest BCUT2D eigenvalue weighted by Gasteiger charge is 2.19. The zero-order chi connectivity index (χ0) is 21.3. The fourth-order valence-corrected chi connectivity index (χ4v) is 3.06. The number of carbonyl (C=O) groups is 2. The lowest BCUT2D eigenvalue weighted by Gasteiger charge is -2.11. The smallest absolute Gasteiger partial charge is 0.359 e. The maximum absolute atomic E-state index is 14.0. The van der Waals surface area contributed by atoms with E-state index in [2.05, 4.69) is 5.10 Å². The van der Waals surface area contributed by atoms with Crippen molar-refractivity contribution in [3.63, 3.8) is 0 Å². The standard InChI is InChI=1S/C21H20FN3O4/c1-12-5-6-15(10-17(12)22)25-13(2)9-16(14(25)3)19(26)11-29-21(28)18-7-8-20(27)24(4)23-18/h5-10H,11H2,1-4H3. The summed E-state index contributed by atoms with van der Waals surface area (Å²) >= 11 is 0. The summed E-state index contributed by atoms with van der Waals surface area (Å²) in [6.07, 6.45) is 0. The summed E-state index contributed by atoms with van der Waals surface area (Å²) in [6, 6.07) is 8.97. The maximum Gasteiger partial charge on any atom is 0.359 e. The van der Waals surface area contributed by atoms with E-state index in [1.165, 1.54) is 25.2 Å². The van der Waals surface area contributed by atoms with Crippen LogP contribution in [0.1, 0.15) is 37.8 Å². The quantitative estimate of drug-likeness (QED) is 0.488. The summed E-state index contributed by atoms with van der Waals surface area (Å²) in [7, 11) is 1.41. The summed E-state index contributed by atoms with van der Waals surface area (Å²) in [5.74, 6) is -1.53. The number of hydrogen-bond acceptors (Lipinski definition) is 5. The number of Topliss-reactive ketones (excluding diaryl/α,β-unsaturated/α-hetero) is 1. The number of benzene rings is 1. The van der Waals surface area contributed by atoms with Crippen molar-refractivity contribution in [1.82, 2.24) is 14.3 Å². The molecule has 0 N–H and O–H groups in total. The molecule has 2 aromatic heterocycles. The molecule has 0 bridgehead atoms. The van der Waals surface area contributed by atoms with Crippen molar-refractivity contribution in [3.05, 3.63) is 80.8 Å². The number of hydrogen-bond donors (Lipinski definition) is 0. The molecule has 0 fully saturated rings. The number of aromatic nitrogens is 3. The molecule has 0 spiro atoms. The average Bonchev–Trinajstić information content (AvgIpc) is 2.98. The van der Waals surface area contributed by atoms with Gasteiger partial charge in [-0.15, -0.1) is 0 Å². The van der Waals surface area contributed by atoms with E-state index in [9.17, 15) is 18.8 Å². The second-order valence-corrected chi connectivity index (χ2v) is 6.73. The summed E-state index contributed by atoms with van der Waals surface area (Å²) in [4.78, 5) is 36.0. The van der Waals surface area contributed by atoms with Crippen LogP contribution in [0, 0.1) is 26.6 Å². The zero-order valence-electron chi connectivity index (χ0n) is 16.5. The summed E-state index contributed by atoms with van der Waals surface area (Å²) < 4.78 is 21.8. The Morgan fingerprint density at radius 3 is 2.48 bits per heavy atom. The van der Waals surface area contributed by atoms with Gasteiger partial charge in [0.15, 0.2) is 12.3 Å². The molecule has 0 saturated carbocycles. The number of nitrogens with zero attached hydrogens (tertiary/aromatic N) is 3. The van der Waals surface area contributed by atoms with Crippen molar-refractivity contribution < 1.29 is 18.7 Å². The highest BCUT2D eigenvalue weighted by atomic mass is 19.1. The Labute approximate surface area is 166 Å². The van der Waals surface area contributed by atoms with Crippen LogP contribution in [0.5, 0.6) is 0 Å². The molecule has 0 atom stereocenters. The van der Waals surface area contributed by atoms with Gasteiger partial charge in [-0.3, -0.25) is 9.59 Å². The SMILES string of the molecule is Cc1ccc(-n2c(C)cc(C(=O)COC(=O)c3ccc(=O)n(C)n3)c2C)cc1F. The molecule has 0 radical (unpaired) electrons. The Balaban J connectivity index is 1.79. The van der Waals surface area contributed by atoms with Crippen LogP contribution in [-0.2, 0) is 11.8 Å². The molecule has 0 aliphatic heterocycles. The van der Waals surface area contributed by atoms with Crippen LogP contribution < -0.4 is 5.56 Å². The molecule has 0 amide bonds. The van der Waals surface area contributed by atoms with Crippen LogP contribution in [0.2, 0.25) is 0 Å². The van der Waals surface area contributed by atoms with Crippen molar-refractivity contribution >= 4 is 11.8 Å². The third kappa shape index (κ3) is 4.01. The molecule has 3 aromatic rings. The molecule has 0 saturated heterocycles. The molecule has 8 heteroatoms. The Hall–Kier alpha value is -3.55. The Morgan fingerprint density at radius 1 is 1.10 bits per heavy atom. The third-order valence-corrected chi connectivity index (χ3v) is 4.65. The van der Waals surface area contributed by atoms with E-state index in [4.69, 9.17) is 4.74 Å². The molecule has 3 rings (SSSR count). The minimum atomic E-state index is -0.802. The highest BCUT2D eigenvalue weighted by molar-refractivity contribution is 6.00. The topological polar surface area (TPSA) is 83.2 Å². The Bertz CT molecular complexity index is 1180.